The van der Waals surface area contributed by atoms with Crippen LogP contribution in [0.25, 0.3) is 0 Å². The third-order valence-corrected chi connectivity index (χ3v) is 4.38. The van der Waals surface area contributed by atoms with Gasteiger partial charge in [0.2, 0.25) is 10.0 Å². The number of hydrogen-bond acceptors (Lipinski definition) is 5. The first-order valence-electron chi connectivity index (χ1n) is 6.03. The molecule has 21 heavy (non-hydrogen) atoms. The minimum absolute atomic E-state index is 0.0830. The minimum atomic E-state index is -3.75. The summed E-state index contributed by atoms with van der Waals surface area (Å²) < 4.78 is 29.5. The summed E-state index contributed by atoms with van der Waals surface area (Å²) >= 11 is 0. The maximum atomic E-state index is 12.1. The van der Waals surface area contributed by atoms with Gasteiger partial charge >= 0.3 is 5.97 Å². The van der Waals surface area contributed by atoms with Crippen molar-refractivity contribution >= 4 is 16.0 Å². The number of nitrogens with zero attached hydrogens (tertiary/aromatic N) is 4. The van der Waals surface area contributed by atoms with Crippen LogP contribution in [0.1, 0.15) is 16.3 Å². The first kappa shape index (κ1) is 15.2. The maximum absolute atomic E-state index is 12.1. The standard InChI is InChI=1S/C11H15N5O4S/c1-15-6-8(5-9(15)11(17)18)21(19,20)13-4-3-10-14-12-7-16(10)2/h5-7,13H,3-4H2,1-2H3,(H,17,18). The van der Waals surface area contributed by atoms with Crippen LogP contribution in [0.2, 0.25) is 0 Å². The molecule has 2 heterocycles. The third-order valence-electron chi connectivity index (χ3n) is 2.96. The zero-order valence-corrected chi connectivity index (χ0v) is 12.3. The molecule has 0 spiro atoms. The van der Waals surface area contributed by atoms with E-state index in [4.69, 9.17) is 5.11 Å². The first-order valence-corrected chi connectivity index (χ1v) is 7.52. The second-order valence-electron chi connectivity index (χ2n) is 4.48. The fourth-order valence-electron chi connectivity index (χ4n) is 1.81. The number of hydrogen-bond donors (Lipinski definition) is 2. The zero-order valence-electron chi connectivity index (χ0n) is 11.5. The summed E-state index contributed by atoms with van der Waals surface area (Å²) in [5.41, 5.74) is -0.0938. The molecule has 2 N–H and O–H groups in total. The van der Waals surface area contributed by atoms with Gasteiger partial charge < -0.3 is 14.2 Å². The molecule has 0 aliphatic heterocycles. The number of aryl methyl sites for hydroxylation is 2. The summed E-state index contributed by atoms with van der Waals surface area (Å²) in [6.45, 7) is 0.145. The van der Waals surface area contributed by atoms with Crippen molar-refractivity contribution < 1.29 is 18.3 Å². The Labute approximate surface area is 121 Å². The Bertz CT molecular complexity index is 761. The summed E-state index contributed by atoms with van der Waals surface area (Å²) in [5.74, 6) is -0.532. The number of carboxylic acid groups (broad SMARTS) is 1. The lowest BCUT2D eigenvalue weighted by Gasteiger charge is -2.04. The molecule has 114 valence electrons. The number of carboxylic acids is 1. The number of aromatic nitrogens is 4. The van der Waals surface area contributed by atoms with Crippen molar-refractivity contribution in [3.63, 3.8) is 0 Å². The van der Waals surface area contributed by atoms with Gasteiger partial charge in [-0.15, -0.1) is 10.2 Å². The highest BCUT2D eigenvalue weighted by atomic mass is 32.2. The lowest BCUT2D eigenvalue weighted by atomic mass is 10.4. The third kappa shape index (κ3) is 3.28. The Kier molecular flexibility index (Phi) is 4.09. The number of nitrogens with one attached hydrogen (secondary N) is 1. The van der Waals surface area contributed by atoms with Crippen LogP contribution < -0.4 is 4.72 Å². The van der Waals surface area contributed by atoms with Gasteiger partial charge in [0, 0.05) is 33.3 Å². The molecule has 2 rings (SSSR count). The second kappa shape index (κ2) is 5.66. The number of rotatable bonds is 6. The van der Waals surface area contributed by atoms with Crippen molar-refractivity contribution in [2.75, 3.05) is 6.54 Å². The molecular formula is C11H15N5O4S. The average Bonchev–Trinajstić information content (AvgIpc) is 2.96. The van der Waals surface area contributed by atoms with Crippen LogP contribution in [-0.2, 0) is 30.5 Å². The molecule has 0 atom stereocenters. The highest BCUT2D eigenvalue weighted by Gasteiger charge is 2.20. The second-order valence-corrected chi connectivity index (χ2v) is 6.25. The first-order chi connectivity index (χ1) is 9.81. The topological polar surface area (TPSA) is 119 Å². The summed E-state index contributed by atoms with van der Waals surface area (Å²) in [7, 11) is -0.515. The molecule has 9 nitrogen and oxygen atoms in total. The molecule has 0 bridgehead atoms. The number of sulfonamides is 1. The molecule has 0 amide bonds. The van der Waals surface area contributed by atoms with Gasteiger partial charge in [-0.2, -0.15) is 0 Å². The number of carbonyl (C=O) groups is 1. The molecular weight excluding hydrogens is 298 g/mol. The lowest BCUT2D eigenvalue weighted by Crippen LogP contribution is -2.26. The fraction of sp³-hybridized carbons (Fsp3) is 0.364. The Hall–Kier alpha value is -2.20. The van der Waals surface area contributed by atoms with Gasteiger partial charge in [0.15, 0.2) is 0 Å². The molecule has 0 radical (unpaired) electrons. The molecule has 0 aliphatic rings. The van der Waals surface area contributed by atoms with Crippen molar-refractivity contribution in [3.8, 4) is 0 Å². The van der Waals surface area contributed by atoms with Crippen molar-refractivity contribution in [1.82, 2.24) is 24.1 Å². The van der Waals surface area contributed by atoms with E-state index in [0.717, 1.165) is 6.07 Å². The van der Waals surface area contributed by atoms with Crippen LogP contribution in [0, 0.1) is 0 Å². The maximum Gasteiger partial charge on any atom is 0.352 e. The fourth-order valence-corrected chi connectivity index (χ4v) is 2.91. The predicted octanol–water partition coefficient (Wildman–Crippen LogP) is -0.627. The highest BCUT2D eigenvalue weighted by Crippen LogP contribution is 2.13. The average molecular weight is 313 g/mol. The Morgan fingerprint density at radius 2 is 2.10 bits per heavy atom. The van der Waals surface area contributed by atoms with Crippen molar-refractivity contribution in [1.29, 1.82) is 0 Å². The minimum Gasteiger partial charge on any atom is -0.477 e. The van der Waals surface area contributed by atoms with Gasteiger partial charge in [-0.25, -0.2) is 17.9 Å². The Morgan fingerprint density at radius 1 is 1.38 bits per heavy atom. The molecule has 2 aromatic rings. The van der Waals surface area contributed by atoms with Crippen molar-refractivity contribution in [2.24, 2.45) is 14.1 Å². The van der Waals surface area contributed by atoms with Crippen LogP contribution in [-0.4, -0.2) is 45.4 Å². The van der Waals surface area contributed by atoms with Crippen LogP contribution in [0.4, 0.5) is 0 Å². The van der Waals surface area contributed by atoms with Crippen molar-refractivity contribution in [3.05, 3.63) is 30.1 Å². The van der Waals surface area contributed by atoms with Gasteiger partial charge in [0.1, 0.15) is 22.7 Å². The normalized spacial score (nSPS) is 11.7. The van der Waals surface area contributed by atoms with Crippen LogP contribution in [0.15, 0.2) is 23.5 Å². The smallest absolute Gasteiger partial charge is 0.352 e. The Balaban J connectivity index is 2.07. The van der Waals surface area contributed by atoms with Gasteiger partial charge in [-0.3, -0.25) is 0 Å². The summed E-state index contributed by atoms with van der Waals surface area (Å²) in [4.78, 5) is 10.8. The molecule has 0 saturated heterocycles. The highest BCUT2D eigenvalue weighted by molar-refractivity contribution is 7.89. The van der Waals surface area contributed by atoms with Gasteiger partial charge in [-0.05, 0) is 6.07 Å². The van der Waals surface area contributed by atoms with Gasteiger partial charge in [-0.1, -0.05) is 0 Å². The van der Waals surface area contributed by atoms with Crippen LogP contribution in [0.5, 0.6) is 0 Å². The zero-order chi connectivity index (χ0) is 15.6. The summed E-state index contributed by atoms with van der Waals surface area (Å²) in [6.07, 6.45) is 3.17. The molecule has 0 fully saturated rings. The van der Waals surface area contributed by atoms with Gasteiger partial charge in [0.25, 0.3) is 0 Å². The molecule has 0 aromatic carbocycles. The van der Waals surface area contributed by atoms with E-state index < -0.39 is 16.0 Å². The monoisotopic (exact) mass is 313 g/mol. The molecule has 10 heteroatoms. The van der Waals surface area contributed by atoms with E-state index >= 15 is 0 Å². The van der Waals surface area contributed by atoms with Crippen LogP contribution >= 0.6 is 0 Å². The van der Waals surface area contributed by atoms with E-state index in [0.29, 0.717) is 12.2 Å². The number of aromatic carboxylic acids is 1. The van der Waals surface area contributed by atoms with Crippen molar-refractivity contribution in [2.45, 2.75) is 11.3 Å². The van der Waals surface area contributed by atoms with E-state index in [1.54, 1.807) is 11.6 Å². The summed E-state index contributed by atoms with van der Waals surface area (Å²) in [6, 6.07) is 1.12. The van der Waals surface area contributed by atoms with E-state index in [9.17, 15) is 13.2 Å². The molecule has 0 aliphatic carbocycles. The molecule has 2 aromatic heterocycles. The van der Waals surface area contributed by atoms with E-state index in [1.165, 1.54) is 24.1 Å². The lowest BCUT2D eigenvalue weighted by molar-refractivity contribution is 0.0686. The molecule has 0 saturated carbocycles. The Morgan fingerprint density at radius 3 is 2.62 bits per heavy atom. The SMILES string of the molecule is Cn1cc(S(=O)(=O)NCCc2nncn2C)cc1C(=O)O. The van der Waals surface area contributed by atoms with E-state index in [-0.39, 0.29) is 17.1 Å². The predicted molar refractivity (Wildman–Crippen MR) is 72.3 cm³/mol. The summed E-state index contributed by atoms with van der Waals surface area (Å²) in [5, 5.41) is 16.5. The van der Waals surface area contributed by atoms with E-state index in [1.807, 2.05) is 0 Å². The quantitative estimate of drug-likeness (QED) is 0.733. The van der Waals surface area contributed by atoms with Gasteiger partial charge in [0.05, 0.1) is 0 Å². The largest absolute Gasteiger partial charge is 0.477 e. The van der Waals surface area contributed by atoms with E-state index in [2.05, 4.69) is 14.9 Å². The molecule has 0 unspecified atom stereocenters. The van der Waals surface area contributed by atoms with Crippen LogP contribution in [0.3, 0.4) is 0 Å².